The summed E-state index contributed by atoms with van der Waals surface area (Å²) in [6.45, 7) is 9.12. The number of piperidine rings is 2. The first-order chi connectivity index (χ1) is 9.95. The van der Waals surface area contributed by atoms with Gasteiger partial charge in [0.1, 0.15) is 0 Å². The minimum Gasteiger partial charge on any atom is -0.481 e. The number of likely N-dealkylation sites (tertiary alicyclic amines) is 2. The Morgan fingerprint density at radius 2 is 1.90 bits per heavy atom. The van der Waals surface area contributed by atoms with E-state index >= 15 is 0 Å². The molecule has 21 heavy (non-hydrogen) atoms. The minimum atomic E-state index is -0.768. The Labute approximate surface area is 127 Å². The van der Waals surface area contributed by atoms with Crippen molar-refractivity contribution in [1.29, 1.82) is 0 Å². The summed E-state index contributed by atoms with van der Waals surface area (Å²) in [6.07, 6.45) is 3.46. The van der Waals surface area contributed by atoms with Crippen LogP contribution in [0.3, 0.4) is 0 Å². The summed E-state index contributed by atoms with van der Waals surface area (Å²) >= 11 is 0. The highest BCUT2D eigenvalue weighted by atomic mass is 16.4. The normalized spacial score (nSPS) is 32.4. The molecule has 120 valence electrons. The smallest absolute Gasteiger partial charge is 0.308 e. The van der Waals surface area contributed by atoms with E-state index in [2.05, 4.69) is 11.8 Å². The highest BCUT2D eigenvalue weighted by molar-refractivity contribution is 5.82. The maximum absolute atomic E-state index is 12.4. The Balaban J connectivity index is 2.04. The van der Waals surface area contributed by atoms with Crippen LogP contribution >= 0.6 is 0 Å². The Hall–Kier alpha value is -1.10. The highest BCUT2D eigenvalue weighted by Gasteiger charge is 2.44. The van der Waals surface area contributed by atoms with E-state index in [1.807, 2.05) is 18.7 Å². The summed E-state index contributed by atoms with van der Waals surface area (Å²) < 4.78 is 0. The van der Waals surface area contributed by atoms with Crippen LogP contribution in [-0.4, -0.2) is 58.5 Å². The van der Waals surface area contributed by atoms with Crippen molar-refractivity contribution in [1.82, 2.24) is 9.80 Å². The van der Waals surface area contributed by atoms with E-state index in [-0.39, 0.29) is 23.9 Å². The van der Waals surface area contributed by atoms with Crippen molar-refractivity contribution in [2.24, 2.45) is 11.8 Å². The zero-order valence-electron chi connectivity index (χ0n) is 13.4. The molecule has 2 fully saturated rings. The lowest BCUT2D eigenvalue weighted by Crippen LogP contribution is -2.58. The van der Waals surface area contributed by atoms with Crippen molar-refractivity contribution in [3.63, 3.8) is 0 Å². The number of carbonyl (C=O) groups is 2. The minimum absolute atomic E-state index is 0.0681. The number of carbonyl (C=O) groups excluding carboxylic acids is 1. The summed E-state index contributed by atoms with van der Waals surface area (Å²) in [6, 6.07) is 0.0245. The number of amides is 1. The second kappa shape index (κ2) is 6.77. The van der Waals surface area contributed by atoms with E-state index in [0.29, 0.717) is 6.42 Å². The second-order valence-corrected chi connectivity index (χ2v) is 6.66. The predicted molar refractivity (Wildman–Crippen MR) is 81.0 cm³/mol. The molecule has 0 saturated carbocycles. The summed E-state index contributed by atoms with van der Waals surface area (Å²) in [5, 5.41) is 9.45. The Morgan fingerprint density at radius 1 is 1.29 bits per heavy atom. The maximum atomic E-state index is 12.4. The molecule has 3 unspecified atom stereocenters. The van der Waals surface area contributed by atoms with Crippen molar-refractivity contribution in [2.45, 2.75) is 58.5 Å². The summed E-state index contributed by atoms with van der Waals surface area (Å²) in [7, 11) is 0. The third-order valence-electron chi connectivity index (χ3n) is 5.13. The standard InChI is InChI=1S/C16H28N2O3/c1-4-7-17-8-5-13(6-9-17)18-12(3)15(16(20)21)11(2)10-14(18)19/h11-13,15H,4-10H2,1-3H3,(H,20,21). The molecule has 3 atom stereocenters. The molecule has 1 N–H and O–H groups in total. The van der Waals surface area contributed by atoms with Gasteiger partial charge in [-0.05, 0) is 38.6 Å². The third-order valence-corrected chi connectivity index (χ3v) is 5.13. The molecule has 2 aliphatic rings. The molecular weight excluding hydrogens is 268 g/mol. The molecule has 2 aliphatic heterocycles. The third kappa shape index (κ3) is 3.39. The Kier molecular flexibility index (Phi) is 5.25. The fraction of sp³-hybridized carbons (Fsp3) is 0.875. The average molecular weight is 296 g/mol. The lowest BCUT2D eigenvalue weighted by Gasteiger charge is -2.47. The maximum Gasteiger partial charge on any atom is 0.308 e. The summed E-state index contributed by atoms with van der Waals surface area (Å²) in [5.74, 6) is -1.13. The molecule has 0 bridgehead atoms. The molecule has 0 aliphatic carbocycles. The van der Waals surface area contributed by atoms with Crippen molar-refractivity contribution in [3.8, 4) is 0 Å². The van der Waals surface area contributed by atoms with Crippen LogP contribution < -0.4 is 0 Å². The van der Waals surface area contributed by atoms with Crippen LogP contribution in [0.15, 0.2) is 0 Å². The van der Waals surface area contributed by atoms with Gasteiger partial charge in [-0.2, -0.15) is 0 Å². The summed E-state index contributed by atoms with van der Waals surface area (Å²) in [4.78, 5) is 28.2. The SMILES string of the molecule is CCCN1CCC(N2C(=O)CC(C)C(C(=O)O)C2C)CC1. The van der Waals surface area contributed by atoms with Crippen molar-refractivity contribution in [2.75, 3.05) is 19.6 Å². The van der Waals surface area contributed by atoms with Crippen LogP contribution in [0.25, 0.3) is 0 Å². The average Bonchev–Trinajstić information content (AvgIpc) is 2.40. The van der Waals surface area contributed by atoms with Crippen molar-refractivity contribution >= 4 is 11.9 Å². The Morgan fingerprint density at radius 3 is 2.43 bits per heavy atom. The van der Waals surface area contributed by atoms with E-state index in [1.165, 1.54) is 0 Å². The van der Waals surface area contributed by atoms with Crippen molar-refractivity contribution < 1.29 is 14.7 Å². The zero-order valence-corrected chi connectivity index (χ0v) is 13.4. The van der Waals surface area contributed by atoms with Crippen LogP contribution in [0.4, 0.5) is 0 Å². The quantitative estimate of drug-likeness (QED) is 0.859. The van der Waals surface area contributed by atoms with Crippen LogP contribution in [-0.2, 0) is 9.59 Å². The first-order valence-corrected chi connectivity index (χ1v) is 8.22. The second-order valence-electron chi connectivity index (χ2n) is 6.66. The lowest BCUT2D eigenvalue weighted by atomic mass is 9.79. The fourth-order valence-corrected chi connectivity index (χ4v) is 4.11. The predicted octanol–water partition coefficient (Wildman–Crippen LogP) is 1.82. The number of hydrogen-bond donors (Lipinski definition) is 1. The van der Waals surface area contributed by atoms with Gasteiger partial charge >= 0.3 is 5.97 Å². The monoisotopic (exact) mass is 296 g/mol. The van der Waals surface area contributed by atoms with Gasteiger partial charge in [-0.1, -0.05) is 13.8 Å². The number of aliphatic carboxylic acids is 1. The van der Waals surface area contributed by atoms with E-state index in [9.17, 15) is 14.7 Å². The zero-order chi connectivity index (χ0) is 15.6. The van der Waals surface area contributed by atoms with Gasteiger partial charge in [0.05, 0.1) is 5.92 Å². The van der Waals surface area contributed by atoms with E-state index in [4.69, 9.17) is 0 Å². The van der Waals surface area contributed by atoms with E-state index in [0.717, 1.165) is 38.9 Å². The molecule has 2 rings (SSSR count). The van der Waals surface area contributed by atoms with Gasteiger partial charge in [-0.3, -0.25) is 9.59 Å². The summed E-state index contributed by atoms with van der Waals surface area (Å²) in [5.41, 5.74) is 0. The molecule has 1 amide bonds. The molecular formula is C16H28N2O3. The molecule has 2 heterocycles. The van der Waals surface area contributed by atoms with Gasteiger partial charge < -0.3 is 14.9 Å². The van der Waals surface area contributed by atoms with Gasteiger partial charge in [0.2, 0.25) is 5.91 Å². The van der Waals surface area contributed by atoms with Crippen LogP contribution in [0.2, 0.25) is 0 Å². The highest BCUT2D eigenvalue weighted by Crippen LogP contribution is 2.33. The van der Waals surface area contributed by atoms with E-state index in [1.54, 1.807) is 0 Å². The molecule has 0 radical (unpaired) electrons. The number of carboxylic acid groups (broad SMARTS) is 1. The fourth-order valence-electron chi connectivity index (χ4n) is 4.11. The van der Waals surface area contributed by atoms with Gasteiger partial charge in [-0.15, -0.1) is 0 Å². The van der Waals surface area contributed by atoms with Gasteiger partial charge in [-0.25, -0.2) is 0 Å². The first-order valence-electron chi connectivity index (χ1n) is 8.22. The van der Waals surface area contributed by atoms with Gasteiger partial charge in [0.25, 0.3) is 0 Å². The molecule has 5 nitrogen and oxygen atoms in total. The number of rotatable bonds is 4. The first kappa shape index (κ1) is 16.3. The largest absolute Gasteiger partial charge is 0.481 e. The molecule has 0 spiro atoms. The van der Waals surface area contributed by atoms with Gasteiger partial charge in [0, 0.05) is 31.6 Å². The number of nitrogens with zero attached hydrogens (tertiary/aromatic N) is 2. The lowest BCUT2D eigenvalue weighted by molar-refractivity contribution is -0.157. The molecule has 0 aromatic heterocycles. The topological polar surface area (TPSA) is 60.9 Å². The van der Waals surface area contributed by atoms with Crippen LogP contribution in [0.5, 0.6) is 0 Å². The molecule has 0 aromatic carbocycles. The molecule has 0 aromatic rings. The van der Waals surface area contributed by atoms with Crippen molar-refractivity contribution in [3.05, 3.63) is 0 Å². The van der Waals surface area contributed by atoms with Gasteiger partial charge in [0.15, 0.2) is 0 Å². The van der Waals surface area contributed by atoms with Crippen LogP contribution in [0.1, 0.15) is 46.5 Å². The Bertz CT molecular complexity index is 391. The number of carboxylic acids is 1. The molecule has 5 heteroatoms. The van der Waals surface area contributed by atoms with E-state index < -0.39 is 11.9 Å². The molecule has 2 saturated heterocycles. The van der Waals surface area contributed by atoms with Crippen LogP contribution in [0, 0.1) is 11.8 Å². The number of hydrogen-bond acceptors (Lipinski definition) is 3.